The fraction of sp³-hybridized carbons (Fsp3) is 0.562. The van der Waals surface area contributed by atoms with Crippen LogP contribution in [0.1, 0.15) is 50.8 Å². The van der Waals surface area contributed by atoms with Crippen LogP contribution in [-0.2, 0) is 4.74 Å². The van der Waals surface area contributed by atoms with E-state index in [2.05, 4.69) is 16.7 Å². The van der Waals surface area contributed by atoms with Crippen LogP contribution in [0.15, 0.2) is 18.2 Å². The summed E-state index contributed by atoms with van der Waals surface area (Å²) in [5.41, 5.74) is 2.60. The van der Waals surface area contributed by atoms with Crippen molar-refractivity contribution in [2.75, 3.05) is 11.9 Å². The lowest BCUT2D eigenvalue weighted by molar-refractivity contribution is 0.0636. The lowest BCUT2D eigenvalue weighted by atomic mass is 10.0. The normalized spacial score (nSPS) is 18.9. The number of rotatable bonds is 2. The van der Waals surface area contributed by atoms with Crippen molar-refractivity contribution in [1.29, 1.82) is 0 Å². The monoisotopic (exact) mass is 276 g/mol. The van der Waals surface area contributed by atoms with Crippen LogP contribution in [0.4, 0.5) is 10.5 Å². The van der Waals surface area contributed by atoms with Crippen LogP contribution in [-0.4, -0.2) is 18.2 Å². The SMILES string of the molecule is Cc1ccc(C2CCCN2)cc1NC(=O)OC(C)(C)C. The second kappa shape index (κ2) is 5.83. The summed E-state index contributed by atoms with van der Waals surface area (Å²) < 4.78 is 5.30. The summed E-state index contributed by atoms with van der Waals surface area (Å²) in [7, 11) is 0. The molecule has 1 unspecified atom stereocenters. The maximum atomic E-state index is 11.9. The van der Waals surface area contributed by atoms with E-state index in [0.717, 1.165) is 24.2 Å². The summed E-state index contributed by atoms with van der Waals surface area (Å²) in [6.45, 7) is 8.63. The van der Waals surface area contributed by atoms with E-state index in [0.29, 0.717) is 6.04 Å². The second-order valence-corrected chi connectivity index (χ2v) is 6.35. The Morgan fingerprint density at radius 3 is 2.75 bits per heavy atom. The van der Waals surface area contributed by atoms with Gasteiger partial charge in [-0.2, -0.15) is 0 Å². The largest absolute Gasteiger partial charge is 0.444 e. The van der Waals surface area contributed by atoms with Crippen molar-refractivity contribution in [1.82, 2.24) is 5.32 Å². The maximum absolute atomic E-state index is 11.9. The Morgan fingerprint density at radius 1 is 1.40 bits per heavy atom. The van der Waals surface area contributed by atoms with E-state index in [9.17, 15) is 4.79 Å². The molecule has 2 N–H and O–H groups in total. The number of anilines is 1. The zero-order valence-corrected chi connectivity index (χ0v) is 12.7. The summed E-state index contributed by atoms with van der Waals surface area (Å²) in [6.07, 6.45) is 1.94. The van der Waals surface area contributed by atoms with Crippen molar-refractivity contribution in [2.24, 2.45) is 0 Å². The molecule has 1 aliphatic heterocycles. The smallest absolute Gasteiger partial charge is 0.412 e. The number of aryl methyl sites for hydroxylation is 1. The molecule has 4 heteroatoms. The van der Waals surface area contributed by atoms with Crippen molar-refractivity contribution >= 4 is 11.8 Å². The Hall–Kier alpha value is -1.55. The highest BCUT2D eigenvalue weighted by Crippen LogP contribution is 2.27. The van der Waals surface area contributed by atoms with Gasteiger partial charge in [0, 0.05) is 11.7 Å². The standard InChI is InChI=1S/C16H24N2O2/c1-11-7-8-12(13-6-5-9-17-13)10-14(11)18-15(19)20-16(2,3)4/h7-8,10,13,17H,5-6,9H2,1-4H3,(H,18,19). The van der Waals surface area contributed by atoms with Gasteiger partial charge in [-0.3, -0.25) is 5.32 Å². The van der Waals surface area contributed by atoms with Crippen LogP contribution in [0, 0.1) is 6.92 Å². The molecule has 0 bridgehead atoms. The van der Waals surface area contributed by atoms with Crippen LogP contribution < -0.4 is 10.6 Å². The molecule has 110 valence electrons. The van der Waals surface area contributed by atoms with Crippen molar-refractivity contribution in [2.45, 2.75) is 52.2 Å². The molecule has 1 aromatic rings. The van der Waals surface area contributed by atoms with Gasteiger partial charge in [0.15, 0.2) is 0 Å². The van der Waals surface area contributed by atoms with E-state index in [1.165, 1.54) is 12.0 Å². The number of amides is 1. The van der Waals surface area contributed by atoms with E-state index in [-0.39, 0.29) is 0 Å². The highest BCUT2D eigenvalue weighted by Gasteiger charge is 2.19. The Bertz CT molecular complexity index is 486. The van der Waals surface area contributed by atoms with Crippen LogP contribution in [0.2, 0.25) is 0 Å². The molecule has 0 aliphatic carbocycles. The number of nitrogens with one attached hydrogen (secondary N) is 2. The molecule has 2 rings (SSSR count). The molecule has 1 fully saturated rings. The first-order valence-electron chi connectivity index (χ1n) is 7.19. The molecule has 0 saturated carbocycles. The number of carbonyl (C=O) groups is 1. The summed E-state index contributed by atoms with van der Waals surface area (Å²) in [5, 5.41) is 6.31. The highest BCUT2D eigenvalue weighted by molar-refractivity contribution is 5.86. The number of hydrogen-bond acceptors (Lipinski definition) is 3. The number of benzene rings is 1. The molecular weight excluding hydrogens is 252 g/mol. The zero-order valence-electron chi connectivity index (χ0n) is 12.7. The summed E-state index contributed by atoms with van der Waals surface area (Å²) in [4.78, 5) is 11.9. The predicted molar refractivity (Wildman–Crippen MR) is 81.0 cm³/mol. The molecule has 4 nitrogen and oxygen atoms in total. The van der Waals surface area contributed by atoms with E-state index < -0.39 is 11.7 Å². The molecule has 1 atom stereocenters. The predicted octanol–water partition coefficient (Wildman–Crippen LogP) is 3.77. The van der Waals surface area contributed by atoms with Crippen molar-refractivity contribution in [3.63, 3.8) is 0 Å². The third kappa shape index (κ3) is 3.97. The molecule has 1 heterocycles. The zero-order chi connectivity index (χ0) is 14.8. The minimum absolute atomic E-state index is 0.398. The Labute approximate surface area is 120 Å². The molecule has 0 spiro atoms. The summed E-state index contributed by atoms with van der Waals surface area (Å²) >= 11 is 0. The Morgan fingerprint density at radius 2 is 2.15 bits per heavy atom. The highest BCUT2D eigenvalue weighted by atomic mass is 16.6. The van der Waals surface area contributed by atoms with Crippen molar-refractivity contribution in [3.8, 4) is 0 Å². The fourth-order valence-corrected chi connectivity index (χ4v) is 2.37. The lowest BCUT2D eigenvalue weighted by Gasteiger charge is -2.21. The number of hydrogen-bond donors (Lipinski definition) is 2. The van der Waals surface area contributed by atoms with Gasteiger partial charge in [0.2, 0.25) is 0 Å². The number of ether oxygens (including phenoxy) is 1. The van der Waals surface area contributed by atoms with Crippen LogP contribution in [0.5, 0.6) is 0 Å². The topological polar surface area (TPSA) is 50.4 Å². The van der Waals surface area contributed by atoms with Gasteiger partial charge in [0.25, 0.3) is 0 Å². The first kappa shape index (κ1) is 14.9. The average molecular weight is 276 g/mol. The summed E-state index contributed by atoms with van der Waals surface area (Å²) in [6, 6.07) is 6.61. The molecule has 0 radical (unpaired) electrons. The van der Waals surface area contributed by atoms with E-state index in [1.54, 1.807) is 0 Å². The molecule has 0 aromatic heterocycles. The van der Waals surface area contributed by atoms with Gasteiger partial charge in [-0.1, -0.05) is 12.1 Å². The van der Waals surface area contributed by atoms with Crippen LogP contribution in [0.25, 0.3) is 0 Å². The molecule has 1 aliphatic rings. The van der Waals surface area contributed by atoms with Gasteiger partial charge in [-0.15, -0.1) is 0 Å². The first-order valence-corrected chi connectivity index (χ1v) is 7.19. The van der Waals surface area contributed by atoms with Crippen molar-refractivity contribution in [3.05, 3.63) is 29.3 Å². The Kier molecular flexibility index (Phi) is 4.33. The van der Waals surface area contributed by atoms with Gasteiger partial charge in [0.05, 0.1) is 0 Å². The average Bonchev–Trinajstić information content (AvgIpc) is 2.83. The van der Waals surface area contributed by atoms with Crippen molar-refractivity contribution < 1.29 is 9.53 Å². The summed E-state index contributed by atoms with van der Waals surface area (Å²) in [5.74, 6) is 0. The number of carbonyl (C=O) groups excluding carboxylic acids is 1. The van der Waals surface area contributed by atoms with Gasteiger partial charge < -0.3 is 10.1 Å². The van der Waals surface area contributed by atoms with E-state index in [1.807, 2.05) is 39.8 Å². The van der Waals surface area contributed by atoms with Crippen LogP contribution >= 0.6 is 0 Å². The van der Waals surface area contributed by atoms with Gasteiger partial charge >= 0.3 is 6.09 Å². The minimum Gasteiger partial charge on any atom is -0.444 e. The van der Waals surface area contributed by atoms with Gasteiger partial charge in [-0.25, -0.2) is 4.79 Å². The third-order valence-corrected chi connectivity index (χ3v) is 3.36. The molecule has 1 aromatic carbocycles. The van der Waals surface area contributed by atoms with E-state index in [4.69, 9.17) is 4.74 Å². The third-order valence-electron chi connectivity index (χ3n) is 3.36. The molecule has 1 saturated heterocycles. The quantitative estimate of drug-likeness (QED) is 0.864. The molecular formula is C16H24N2O2. The fourth-order valence-electron chi connectivity index (χ4n) is 2.37. The lowest BCUT2D eigenvalue weighted by Crippen LogP contribution is -2.27. The molecule has 20 heavy (non-hydrogen) atoms. The second-order valence-electron chi connectivity index (χ2n) is 6.35. The van der Waals surface area contributed by atoms with Crippen LogP contribution in [0.3, 0.4) is 0 Å². The minimum atomic E-state index is -0.484. The van der Waals surface area contributed by atoms with Gasteiger partial charge in [-0.05, 0) is 64.3 Å². The van der Waals surface area contributed by atoms with Gasteiger partial charge in [0.1, 0.15) is 5.60 Å². The maximum Gasteiger partial charge on any atom is 0.412 e. The van der Waals surface area contributed by atoms with E-state index >= 15 is 0 Å². The first-order chi connectivity index (χ1) is 9.35. The molecule has 1 amide bonds. The Balaban J connectivity index is 2.10.